The van der Waals surface area contributed by atoms with Crippen molar-refractivity contribution in [2.75, 3.05) is 6.54 Å². The van der Waals surface area contributed by atoms with Crippen molar-refractivity contribution in [3.8, 4) is 0 Å². The Hall–Kier alpha value is -0.0400. The van der Waals surface area contributed by atoms with Crippen molar-refractivity contribution in [2.24, 2.45) is 0 Å². The van der Waals surface area contributed by atoms with E-state index in [2.05, 4.69) is 14.0 Å². The summed E-state index contributed by atoms with van der Waals surface area (Å²) < 4.78 is 0. The fourth-order valence-corrected chi connectivity index (χ4v) is 0.637. The molecule has 1 nitrogen and oxygen atoms in total. The lowest BCUT2D eigenvalue weighted by molar-refractivity contribution is -0.922. The van der Waals surface area contributed by atoms with Crippen molar-refractivity contribution < 1.29 is 4.90 Å². The van der Waals surface area contributed by atoms with Gasteiger partial charge in [-0.3, -0.25) is 0 Å². The van der Waals surface area contributed by atoms with E-state index >= 15 is 0 Å². The van der Waals surface area contributed by atoms with Gasteiger partial charge >= 0.3 is 0 Å². The maximum atomic E-state index is 3.84. The first-order valence-corrected chi connectivity index (χ1v) is 2.48. The zero-order chi connectivity index (χ0) is 4.57. The summed E-state index contributed by atoms with van der Waals surface area (Å²) in [6.07, 6.45) is 1.37. The highest BCUT2D eigenvalue weighted by Crippen LogP contribution is 1.89. The van der Waals surface area contributed by atoms with Crippen LogP contribution >= 0.6 is 0 Å². The van der Waals surface area contributed by atoms with Crippen molar-refractivity contribution >= 4 is 0 Å². The molecule has 0 aliphatic carbocycles. The Bertz CT molecular complexity index is 43.9. The van der Waals surface area contributed by atoms with Gasteiger partial charge in [-0.1, -0.05) is 0 Å². The molecular formula is C5H11N. The van der Waals surface area contributed by atoms with Crippen LogP contribution in [0.3, 0.4) is 0 Å². The number of nitrogens with one attached hydrogen (secondary N) is 1. The topological polar surface area (TPSA) is 4.44 Å². The normalized spacial score (nSPS) is 45.0. The average molecular weight is 85.1 g/mol. The highest BCUT2D eigenvalue weighted by atomic mass is 15.2. The zero-order valence-electron chi connectivity index (χ0n) is 4.20. The second kappa shape index (κ2) is 1.23. The van der Waals surface area contributed by atoms with E-state index in [1.807, 2.05) is 0 Å². The molecule has 0 aromatic carbocycles. The van der Waals surface area contributed by atoms with E-state index in [9.17, 15) is 0 Å². The van der Waals surface area contributed by atoms with E-state index < -0.39 is 0 Å². The number of rotatable bonds is 0. The number of likely N-dealkylation sites (tertiary alicyclic amines) is 1. The Morgan fingerprint density at radius 3 is 2.33 bits per heavy atom. The fraction of sp³-hybridized carbons (Fsp3) is 0.800. The molecule has 0 amide bonds. The minimum atomic E-state index is 0.838. The van der Waals surface area contributed by atoms with Gasteiger partial charge in [-0.2, -0.15) is 7.05 Å². The van der Waals surface area contributed by atoms with E-state index in [1.54, 1.807) is 0 Å². The van der Waals surface area contributed by atoms with Crippen LogP contribution < -0.4 is 4.90 Å². The third-order valence-corrected chi connectivity index (χ3v) is 1.60. The maximum Gasteiger partial charge on any atom is 0.0660 e. The first kappa shape index (κ1) is 4.13. The van der Waals surface area contributed by atoms with Gasteiger partial charge in [-0.15, -0.1) is 0 Å². The molecule has 2 unspecified atom stereocenters. The molecular weight excluding hydrogens is 74.1 g/mol. The Kier molecular flexibility index (Phi) is 0.845. The largest absolute Gasteiger partial charge is 0.465 e. The maximum absolute atomic E-state index is 3.84. The Morgan fingerprint density at radius 1 is 1.83 bits per heavy atom. The summed E-state index contributed by atoms with van der Waals surface area (Å²) in [4.78, 5) is 1.44. The molecule has 0 aromatic heterocycles. The lowest BCUT2D eigenvalue weighted by Gasteiger charge is -2.37. The van der Waals surface area contributed by atoms with Gasteiger partial charge in [-0.25, -0.2) is 0 Å². The van der Waals surface area contributed by atoms with Gasteiger partial charge < -0.3 is 4.90 Å². The SMILES string of the molecule is [CH2-][NH+]1CCC1C. The molecule has 36 valence electrons. The van der Waals surface area contributed by atoms with E-state index in [-0.39, 0.29) is 0 Å². The van der Waals surface area contributed by atoms with Crippen LogP contribution in [-0.2, 0) is 0 Å². The van der Waals surface area contributed by atoms with Crippen LogP contribution in [0.25, 0.3) is 0 Å². The first-order valence-electron chi connectivity index (χ1n) is 2.48. The van der Waals surface area contributed by atoms with Gasteiger partial charge in [0.25, 0.3) is 0 Å². The number of quaternary nitrogens is 1. The first-order chi connectivity index (χ1) is 2.80. The quantitative estimate of drug-likeness (QED) is 0.377. The lowest BCUT2D eigenvalue weighted by atomic mass is 10.1. The fourth-order valence-electron chi connectivity index (χ4n) is 0.637. The molecule has 2 atom stereocenters. The minimum Gasteiger partial charge on any atom is -0.465 e. The number of hydrogen-bond acceptors (Lipinski definition) is 0. The van der Waals surface area contributed by atoms with Gasteiger partial charge in [0.1, 0.15) is 0 Å². The molecule has 0 bridgehead atoms. The van der Waals surface area contributed by atoms with Gasteiger partial charge in [0, 0.05) is 6.42 Å². The van der Waals surface area contributed by atoms with Gasteiger partial charge in [0.15, 0.2) is 0 Å². The summed E-state index contributed by atoms with van der Waals surface area (Å²) >= 11 is 0. The van der Waals surface area contributed by atoms with Gasteiger partial charge in [0.05, 0.1) is 12.6 Å². The van der Waals surface area contributed by atoms with E-state index in [1.165, 1.54) is 17.9 Å². The monoisotopic (exact) mass is 85.1 g/mol. The number of hydrogen-bond donors (Lipinski definition) is 1. The molecule has 6 heavy (non-hydrogen) atoms. The van der Waals surface area contributed by atoms with Crippen molar-refractivity contribution in [2.45, 2.75) is 19.4 Å². The molecule has 0 aromatic rings. The van der Waals surface area contributed by atoms with Crippen molar-refractivity contribution in [1.82, 2.24) is 0 Å². The van der Waals surface area contributed by atoms with Crippen LogP contribution in [0.2, 0.25) is 0 Å². The van der Waals surface area contributed by atoms with Crippen molar-refractivity contribution in [1.29, 1.82) is 0 Å². The van der Waals surface area contributed by atoms with Crippen LogP contribution in [0.5, 0.6) is 0 Å². The van der Waals surface area contributed by atoms with E-state index in [0.29, 0.717) is 0 Å². The zero-order valence-corrected chi connectivity index (χ0v) is 4.20. The second-order valence-corrected chi connectivity index (χ2v) is 2.10. The minimum absolute atomic E-state index is 0.838. The molecule has 1 N–H and O–H groups in total. The molecule has 1 aliphatic rings. The summed E-state index contributed by atoms with van der Waals surface area (Å²) in [5, 5.41) is 0. The summed E-state index contributed by atoms with van der Waals surface area (Å²) in [6, 6.07) is 0.838. The molecule has 1 heterocycles. The second-order valence-electron chi connectivity index (χ2n) is 2.10. The summed E-state index contributed by atoms with van der Waals surface area (Å²) in [5.74, 6) is 0. The molecule has 1 saturated heterocycles. The summed E-state index contributed by atoms with van der Waals surface area (Å²) in [5.41, 5.74) is 0. The summed E-state index contributed by atoms with van der Waals surface area (Å²) in [6.45, 7) is 3.51. The predicted octanol–water partition coefficient (Wildman–Crippen LogP) is -0.545. The molecule has 0 spiro atoms. The predicted molar refractivity (Wildman–Crippen MR) is 25.3 cm³/mol. The smallest absolute Gasteiger partial charge is 0.0660 e. The molecule has 1 heteroatoms. The van der Waals surface area contributed by atoms with E-state index in [4.69, 9.17) is 0 Å². The molecule has 1 aliphatic heterocycles. The highest BCUT2D eigenvalue weighted by Gasteiger charge is 2.17. The lowest BCUT2D eigenvalue weighted by Crippen LogP contribution is -3.17. The van der Waals surface area contributed by atoms with Gasteiger partial charge in [0.2, 0.25) is 0 Å². The van der Waals surface area contributed by atoms with E-state index in [0.717, 1.165) is 6.04 Å². The van der Waals surface area contributed by atoms with Crippen molar-refractivity contribution in [3.05, 3.63) is 7.05 Å². The average Bonchev–Trinajstić information content (AvgIpc) is 1.61. The Labute approximate surface area is 39.0 Å². The van der Waals surface area contributed by atoms with Crippen molar-refractivity contribution in [3.63, 3.8) is 0 Å². The molecule has 0 radical (unpaired) electrons. The van der Waals surface area contributed by atoms with Crippen LogP contribution in [0.4, 0.5) is 0 Å². The molecule has 1 rings (SSSR count). The Balaban J connectivity index is 2.20. The highest BCUT2D eigenvalue weighted by molar-refractivity contribution is 4.54. The van der Waals surface area contributed by atoms with Gasteiger partial charge in [-0.05, 0) is 6.92 Å². The standard InChI is InChI=1S/C5H11N/c1-5-3-4-6(5)2/h5-6H,2-4H2,1H3. The van der Waals surface area contributed by atoms with Crippen LogP contribution in [0.1, 0.15) is 13.3 Å². The third-order valence-electron chi connectivity index (χ3n) is 1.60. The molecule has 0 saturated carbocycles. The summed E-state index contributed by atoms with van der Waals surface area (Å²) in [7, 11) is 3.84. The van der Waals surface area contributed by atoms with Crippen LogP contribution in [0.15, 0.2) is 0 Å². The van der Waals surface area contributed by atoms with Crippen LogP contribution in [-0.4, -0.2) is 12.6 Å². The third kappa shape index (κ3) is 0.432. The van der Waals surface area contributed by atoms with Crippen LogP contribution in [0, 0.1) is 7.05 Å². The molecule has 1 fully saturated rings. The Morgan fingerprint density at radius 2 is 2.33 bits per heavy atom.